The van der Waals surface area contributed by atoms with Crippen LogP contribution in [0.4, 0.5) is 9.18 Å². The molecule has 2 saturated heterocycles. The van der Waals surface area contributed by atoms with Gasteiger partial charge in [0.25, 0.3) is 0 Å². The van der Waals surface area contributed by atoms with Crippen LogP contribution >= 0.6 is 0 Å². The number of imide groups is 1. The maximum Gasteiger partial charge on any atom is 0.324 e. The minimum Gasteiger partial charge on any atom is -0.329 e. The third-order valence-electron chi connectivity index (χ3n) is 4.12. The van der Waals surface area contributed by atoms with E-state index in [2.05, 4.69) is 5.32 Å². The van der Waals surface area contributed by atoms with Crippen molar-refractivity contribution in [3.63, 3.8) is 0 Å². The van der Waals surface area contributed by atoms with E-state index in [1.54, 1.807) is 0 Å². The molecule has 2 fully saturated rings. The van der Waals surface area contributed by atoms with E-state index in [0.717, 1.165) is 11.0 Å². The van der Waals surface area contributed by atoms with Gasteiger partial charge in [-0.15, -0.1) is 0 Å². The zero-order chi connectivity index (χ0) is 16.6. The summed E-state index contributed by atoms with van der Waals surface area (Å²) in [4.78, 5) is 24.1. The van der Waals surface area contributed by atoms with Gasteiger partial charge in [0.15, 0.2) is 0 Å². The molecule has 23 heavy (non-hydrogen) atoms. The Balaban J connectivity index is 1.73. The summed E-state index contributed by atoms with van der Waals surface area (Å²) in [7, 11) is -3.91. The van der Waals surface area contributed by atoms with Gasteiger partial charge < -0.3 is 5.32 Å². The monoisotopic (exact) mass is 341 g/mol. The summed E-state index contributed by atoms with van der Waals surface area (Å²) < 4.78 is 39.9. The summed E-state index contributed by atoms with van der Waals surface area (Å²) in [6.45, 7) is 0.253. The predicted octanol–water partition coefficient (Wildman–Crippen LogP) is 0.531. The number of nitrogens with zero attached hydrogens (tertiary/aromatic N) is 2. The molecule has 0 unspecified atom stereocenters. The zero-order valence-electron chi connectivity index (χ0n) is 12.2. The van der Waals surface area contributed by atoms with E-state index in [1.165, 1.54) is 22.5 Å². The molecule has 1 N–H and O–H groups in total. The molecule has 0 radical (unpaired) electrons. The first-order valence-corrected chi connectivity index (χ1v) is 8.70. The van der Waals surface area contributed by atoms with Gasteiger partial charge in [0.2, 0.25) is 15.9 Å². The summed E-state index contributed by atoms with van der Waals surface area (Å²) in [5.41, 5.74) is 0. The average molecular weight is 341 g/mol. The fourth-order valence-electron chi connectivity index (χ4n) is 2.94. The van der Waals surface area contributed by atoms with E-state index < -0.39 is 21.9 Å². The maximum absolute atomic E-state index is 13.8. The van der Waals surface area contributed by atoms with Gasteiger partial charge in [-0.3, -0.25) is 9.69 Å². The number of urea groups is 1. The SMILES string of the molecule is O=C1CNC(=O)N1C1CCN(S(=O)(=O)c2ccccc2F)CC1. The summed E-state index contributed by atoms with van der Waals surface area (Å²) in [6.07, 6.45) is 0.680. The van der Waals surface area contributed by atoms with Crippen LogP contribution in [0.2, 0.25) is 0 Å². The molecule has 9 heteroatoms. The van der Waals surface area contributed by atoms with Crippen molar-refractivity contribution in [3.8, 4) is 0 Å². The molecule has 1 aromatic rings. The fourth-order valence-corrected chi connectivity index (χ4v) is 4.47. The minimum atomic E-state index is -3.91. The summed E-state index contributed by atoms with van der Waals surface area (Å²) in [6, 6.07) is 4.47. The van der Waals surface area contributed by atoms with Gasteiger partial charge in [0.05, 0.1) is 6.54 Å². The number of rotatable bonds is 3. The third kappa shape index (κ3) is 2.81. The van der Waals surface area contributed by atoms with Crippen molar-refractivity contribution in [3.05, 3.63) is 30.1 Å². The molecule has 1 aromatic carbocycles. The minimum absolute atomic E-state index is 0.0213. The molecule has 0 aliphatic carbocycles. The first-order valence-electron chi connectivity index (χ1n) is 7.26. The Morgan fingerprint density at radius 3 is 2.35 bits per heavy atom. The number of halogens is 1. The number of sulfonamides is 1. The van der Waals surface area contributed by atoms with Crippen molar-refractivity contribution in [1.29, 1.82) is 0 Å². The number of hydrogen-bond acceptors (Lipinski definition) is 4. The Hall–Kier alpha value is -2.00. The molecule has 0 saturated carbocycles. The van der Waals surface area contributed by atoms with Crippen molar-refractivity contribution in [1.82, 2.24) is 14.5 Å². The lowest BCUT2D eigenvalue weighted by atomic mass is 10.1. The molecule has 2 aliphatic rings. The van der Waals surface area contributed by atoms with Crippen LogP contribution in [0.5, 0.6) is 0 Å². The predicted molar refractivity (Wildman–Crippen MR) is 78.4 cm³/mol. The quantitative estimate of drug-likeness (QED) is 0.813. The fraction of sp³-hybridized carbons (Fsp3) is 0.429. The summed E-state index contributed by atoms with van der Waals surface area (Å²) in [5, 5.41) is 2.45. The van der Waals surface area contributed by atoms with Crippen LogP contribution < -0.4 is 5.32 Å². The molecular weight excluding hydrogens is 325 g/mol. The highest BCUT2D eigenvalue weighted by atomic mass is 32.2. The molecule has 2 heterocycles. The Morgan fingerprint density at radius 2 is 1.78 bits per heavy atom. The molecule has 0 atom stereocenters. The van der Waals surface area contributed by atoms with Gasteiger partial charge in [-0.05, 0) is 25.0 Å². The molecule has 7 nitrogen and oxygen atoms in total. The molecular formula is C14H16FN3O4S. The van der Waals surface area contributed by atoms with Gasteiger partial charge in [0, 0.05) is 19.1 Å². The van der Waals surface area contributed by atoms with Gasteiger partial charge >= 0.3 is 6.03 Å². The van der Waals surface area contributed by atoms with Crippen LogP contribution in [0, 0.1) is 5.82 Å². The second kappa shape index (κ2) is 5.89. The number of carbonyl (C=O) groups excluding carboxylic acids is 2. The largest absolute Gasteiger partial charge is 0.329 e. The third-order valence-corrected chi connectivity index (χ3v) is 6.05. The molecule has 0 aromatic heterocycles. The van der Waals surface area contributed by atoms with Crippen molar-refractivity contribution in [2.45, 2.75) is 23.8 Å². The number of hydrogen-bond donors (Lipinski definition) is 1. The van der Waals surface area contributed by atoms with Crippen molar-refractivity contribution < 1.29 is 22.4 Å². The number of piperidine rings is 1. The molecule has 0 spiro atoms. The number of amides is 3. The highest BCUT2D eigenvalue weighted by molar-refractivity contribution is 7.89. The van der Waals surface area contributed by atoms with E-state index in [0.29, 0.717) is 12.8 Å². The normalized spacial score (nSPS) is 20.8. The van der Waals surface area contributed by atoms with Crippen LogP contribution in [0.15, 0.2) is 29.2 Å². The smallest absolute Gasteiger partial charge is 0.324 e. The summed E-state index contributed by atoms with van der Waals surface area (Å²) >= 11 is 0. The Labute approximate surface area is 133 Å². The van der Waals surface area contributed by atoms with E-state index in [-0.39, 0.29) is 36.5 Å². The second-order valence-corrected chi connectivity index (χ2v) is 7.39. The van der Waals surface area contributed by atoms with Crippen molar-refractivity contribution in [2.24, 2.45) is 0 Å². The topological polar surface area (TPSA) is 86.8 Å². The van der Waals surface area contributed by atoms with E-state index in [4.69, 9.17) is 0 Å². The van der Waals surface area contributed by atoms with Gasteiger partial charge in [-0.2, -0.15) is 4.31 Å². The van der Waals surface area contributed by atoms with Crippen LogP contribution in [-0.4, -0.2) is 55.2 Å². The van der Waals surface area contributed by atoms with E-state index in [9.17, 15) is 22.4 Å². The van der Waals surface area contributed by atoms with E-state index in [1.807, 2.05) is 0 Å². The Bertz CT molecular complexity index is 728. The number of carbonyl (C=O) groups is 2. The lowest BCUT2D eigenvalue weighted by Gasteiger charge is -2.34. The van der Waals surface area contributed by atoms with Crippen molar-refractivity contribution >= 4 is 22.0 Å². The lowest BCUT2D eigenvalue weighted by molar-refractivity contribution is -0.127. The summed E-state index contributed by atoms with van der Waals surface area (Å²) in [5.74, 6) is -1.09. The highest BCUT2D eigenvalue weighted by Gasteiger charge is 2.39. The number of nitrogens with one attached hydrogen (secondary N) is 1. The lowest BCUT2D eigenvalue weighted by Crippen LogP contribution is -2.49. The highest BCUT2D eigenvalue weighted by Crippen LogP contribution is 2.25. The van der Waals surface area contributed by atoms with Gasteiger partial charge in [-0.25, -0.2) is 17.6 Å². The zero-order valence-corrected chi connectivity index (χ0v) is 13.1. The van der Waals surface area contributed by atoms with Crippen LogP contribution in [0.25, 0.3) is 0 Å². The first kappa shape index (κ1) is 15.9. The Kier molecular flexibility index (Phi) is 4.07. The maximum atomic E-state index is 13.8. The standard InChI is InChI=1S/C14H16FN3O4S/c15-11-3-1-2-4-12(11)23(21,22)17-7-5-10(6-8-17)18-13(19)9-16-14(18)20/h1-4,10H,5-9H2,(H,16,20). The van der Waals surface area contributed by atoms with Crippen LogP contribution in [0.3, 0.4) is 0 Å². The van der Waals surface area contributed by atoms with Crippen molar-refractivity contribution in [2.75, 3.05) is 19.6 Å². The molecule has 124 valence electrons. The van der Waals surface area contributed by atoms with E-state index >= 15 is 0 Å². The van der Waals surface area contributed by atoms with Crippen LogP contribution in [-0.2, 0) is 14.8 Å². The van der Waals surface area contributed by atoms with Crippen LogP contribution in [0.1, 0.15) is 12.8 Å². The molecule has 3 rings (SSSR count). The molecule has 0 bridgehead atoms. The average Bonchev–Trinajstić information content (AvgIpc) is 2.86. The van der Waals surface area contributed by atoms with Gasteiger partial charge in [0.1, 0.15) is 10.7 Å². The van der Waals surface area contributed by atoms with Gasteiger partial charge in [-0.1, -0.05) is 12.1 Å². The molecule has 2 aliphatic heterocycles. The second-order valence-electron chi connectivity index (χ2n) is 5.49. The molecule has 3 amide bonds. The number of benzene rings is 1. The first-order chi connectivity index (χ1) is 10.9. The Morgan fingerprint density at radius 1 is 1.13 bits per heavy atom.